The molecule has 0 heterocycles. The van der Waals surface area contributed by atoms with Crippen LogP contribution in [0.2, 0.25) is 0 Å². The molecule has 0 aliphatic heterocycles. The zero-order valence-electron chi connectivity index (χ0n) is 11.2. The molecule has 9 heteroatoms. The Morgan fingerprint density at radius 1 is 1.52 bits per heavy atom. The first-order chi connectivity index (χ1) is 9.94. The third-order valence-electron chi connectivity index (χ3n) is 2.31. The summed E-state index contributed by atoms with van der Waals surface area (Å²) in [5, 5.41) is 19.6. The van der Waals surface area contributed by atoms with E-state index in [2.05, 4.69) is 31.2 Å². The summed E-state index contributed by atoms with van der Waals surface area (Å²) >= 11 is 3.24. The molecule has 0 spiro atoms. The van der Waals surface area contributed by atoms with E-state index in [1.165, 1.54) is 20.3 Å². The number of carbonyl (C=O) groups excluding carboxylic acids is 1. The highest BCUT2D eigenvalue weighted by Gasteiger charge is 2.18. The lowest BCUT2D eigenvalue weighted by Crippen LogP contribution is -2.22. The standard InChI is InChI=1S/C12H12BrN5O3/c1-20-10-7(12(19)21-2)3-6(13)4-8(10)17-18-9(5-14)11(15)16/h3-4,17H,1-2H3,(H3,15,16)/b18-9+. The number of anilines is 1. The van der Waals surface area contributed by atoms with Gasteiger partial charge < -0.3 is 15.2 Å². The van der Waals surface area contributed by atoms with Crippen molar-refractivity contribution < 1.29 is 14.3 Å². The Morgan fingerprint density at radius 3 is 2.67 bits per heavy atom. The van der Waals surface area contributed by atoms with Gasteiger partial charge in [-0.3, -0.25) is 10.8 Å². The predicted octanol–water partition coefficient (Wildman–Crippen LogP) is 1.47. The van der Waals surface area contributed by atoms with E-state index < -0.39 is 11.8 Å². The molecule has 21 heavy (non-hydrogen) atoms. The summed E-state index contributed by atoms with van der Waals surface area (Å²) in [7, 11) is 2.62. The molecule has 0 bridgehead atoms. The first kappa shape index (κ1) is 16.5. The number of halogens is 1. The molecule has 1 aromatic carbocycles. The number of esters is 1. The second-order valence-corrected chi connectivity index (χ2v) is 4.54. The van der Waals surface area contributed by atoms with Gasteiger partial charge in [-0.25, -0.2) is 4.79 Å². The van der Waals surface area contributed by atoms with Crippen LogP contribution in [0.1, 0.15) is 10.4 Å². The largest absolute Gasteiger partial charge is 0.494 e. The molecule has 0 aliphatic rings. The highest BCUT2D eigenvalue weighted by atomic mass is 79.9. The van der Waals surface area contributed by atoms with E-state index in [9.17, 15) is 4.79 Å². The Kier molecular flexibility index (Phi) is 5.68. The maximum Gasteiger partial charge on any atom is 0.341 e. The number of rotatable bonds is 5. The molecule has 110 valence electrons. The molecule has 0 saturated heterocycles. The number of nitrogens with two attached hydrogens (primary N) is 1. The fourth-order valence-electron chi connectivity index (χ4n) is 1.42. The van der Waals surface area contributed by atoms with Crippen molar-refractivity contribution in [1.29, 1.82) is 10.7 Å². The fourth-order valence-corrected chi connectivity index (χ4v) is 1.88. The molecule has 0 radical (unpaired) electrons. The topological polar surface area (TPSA) is 134 Å². The zero-order valence-corrected chi connectivity index (χ0v) is 12.8. The van der Waals surface area contributed by atoms with Gasteiger partial charge in [0.25, 0.3) is 0 Å². The van der Waals surface area contributed by atoms with Crippen LogP contribution in [0.25, 0.3) is 0 Å². The number of amidine groups is 1. The monoisotopic (exact) mass is 353 g/mol. The maximum absolute atomic E-state index is 11.7. The van der Waals surface area contributed by atoms with Gasteiger partial charge in [-0.15, -0.1) is 0 Å². The SMILES string of the molecule is COC(=O)c1cc(Br)cc(N/N=C(\C#N)C(=N)N)c1OC. The molecule has 1 rings (SSSR count). The summed E-state index contributed by atoms with van der Waals surface area (Å²) in [6, 6.07) is 4.78. The van der Waals surface area contributed by atoms with Crippen molar-refractivity contribution in [2.45, 2.75) is 0 Å². The van der Waals surface area contributed by atoms with E-state index >= 15 is 0 Å². The van der Waals surface area contributed by atoms with Crippen molar-refractivity contribution in [3.05, 3.63) is 22.2 Å². The van der Waals surface area contributed by atoms with Crippen LogP contribution in [-0.4, -0.2) is 31.7 Å². The number of nitriles is 1. The molecule has 4 N–H and O–H groups in total. The number of carbonyl (C=O) groups is 1. The Balaban J connectivity index is 3.30. The van der Waals surface area contributed by atoms with E-state index in [0.29, 0.717) is 10.2 Å². The summed E-state index contributed by atoms with van der Waals surface area (Å²) < 4.78 is 10.4. The van der Waals surface area contributed by atoms with E-state index in [1.54, 1.807) is 12.1 Å². The summed E-state index contributed by atoms with van der Waals surface area (Å²) in [6.45, 7) is 0. The van der Waals surface area contributed by atoms with Gasteiger partial charge in [0.15, 0.2) is 11.6 Å². The highest BCUT2D eigenvalue weighted by molar-refractivity contribution is 9.10. The Labute approximate surface area is 129 Å². The van der Waals surface area contributed by atoms with Crippen molar-refractivity contribution in [3.8, 4) is 11.8 Å². The molecular weight excluding hydrogens is 342 g/mol. The van der Waals surface area contributed by atoms with Crippen LogP contribution in [0.15, 0.2) is 21.7 Å². The van der Waals surface area contributed by atoms with Gasteiger partial charge in [0, 0.05) is 4.47 Å². The van der Waals surface area contributed by atoms with Crippen LogP contribution in [0.3, 0.4) is 0 Å². The molecule has 1 aromatic rings. The second kappa shape index (κ2) is 7.25. The number of nitrogens with zero attached hydrogens (tertiary/aromatic N) is 2. The van der Waals surface area contributed by atoms with Gasteiger partial charge in [0.05, 0.1) is 14.2 Å². The average Bonchev–Trinajstić information content (AvgIpc) is 2.46. The summed E-state index contributed by atoms with van der Waals surface area (Å²) in [5.74, 6) is -0.881. The lowest BCUT2D eigenvalue weighted by molar-refractivity contribution is 0.0597. The van der Waals surface area contributed by atoms with E-state index in [4.69, 9.17) is 21.1 Å². The van der Waals surface area contributed by atoms with Gasteiger partial charge in [-0.2, -0.15) is 10.4 Å². The van der Waals surface area contributed by atoms with E-state index in [0.717, 1.165) is 0 Å². The van der Waals surface area contributed by atoms with Crippen LogP contribution in [0.4, 0.5) is 5.69 Å². The number of ether oxygens (including phenoxy) is 2. The second-order valence-electron chi connectivity index (χ2n) is 3.62. The van der Waals surface area contributed by atoms with Crippen LogP contribution in [-0.2, 0) is 4.74 Å². The lowest BCUT2D eigenvalue weighted by atomic mass is 10.1. The van der Waals surface area contributed by atoms with Crippen LogP contribution >= 0.6 is 15.9 Å². The van der Waals surface area contributed by atoms with Crippen molar-refractivity contribution in [1.82, 2.24) is 0 Å². The quantitative estimate of drug-likeness (QED) is 0.317. The Bertz CT molecular complexity index is 651. The Hall–Kier alpha value is -2.60. The van der Waals surface area contributed by atoms with Crippen LogP contribution in [0.5, 0.6) is 5.75 Å². The lowest BCUT2D eigenvalue weighted by Gasteiger charge is -2.12. The molecular formula is C12H12BrN5O3. The molecule has 0 unspecified atom stereocenters. The normalized spacial score (nSPS) is 10.5. The number of hydrazone groups is 1. The summed E-state index contributed by atoms with van der Waals surface area (Å²) in [4.78, 5) is 11.7. The summed E-state index contributed by atoms with van der Waals surface area (Å²) in [5.41, 5.74) is 7.91. The predicted molar refractivity (Wildman–Crippen MR) is 80.6 cm³/mol. The molecule has 0 atom stereocenters. The molecule has 0 fully saturated rings. The maximum atomic E-state index is 11.7. The van der Waals surface area contributed by atoms with Gasteiger partial charge >= 0.3 is 5.97 Å². The first-order valence-electron chi connectivity index (χ1n) is 5.48. The minimum absolute atomic E-state index is 0.174. The van der Waals surface area contributed by atoms with Gasteiger partial charge in [-0.05, 0) is 12.1 Å². The minimum Gasteiger partial charge on any atom is -0.494 e. The van der Waals surface area contributed by atoms with Crippen molar-refractivity contribution >= 4 is 39.1 Å². The van der Waals surface area contributed by atoms with Gasteiger partial charge in [0.1, 0.15) is 17.3 Å². The Morgan fingerprint density at radius 2 is 2.19 bits per heavy atom. The minimum atomic E-state index is -0.591. The average molecular weight is 354 g/mol. The van der Waals surface area contributed by atoms with E-state index in [1.807, 2.05) is 0 Å². The number of methoxy groups -OCH3 is 2. The number of benzene rings is 1. The van der Waals surface area contributed by atoms with Gasteiger partial charge in [0.2, 0.25) is 5.71 Å². The number of hydrogen-bond donors (Lipinski definition) is 3. The zero-order chi connectivity index (χ0) is 16.0. The van der Waals surface area contributed by atoms with E-state index in [-0.39, 0.29) is 17.0 Å². The molecule has 0 aliphatic carbocycles. The molecule has 0 saturated carbocycles. The van der Waals surface area contributed by atoms with Crippen LogP contribution in [0, 0.1) is 16.7 Å². The van der Waals surface area contributed by atoms with Crippen molar-refractivity contribution in [2.75, 3.05) is 19.6 Å². The first-order valence-corrected chi connectivity index (χ1v) is 6.28. The number of nitrogens with one attached hydrogen (secondary N) is 2. The third kappa shape index (κ3) is 3.93. The van der Waals surface area contributed by atoms with Crippen molar-refractivity contribution in [2.24, 2.45) is 10.8 Å². The van der Waals surface area contributed by atoms with Gasteiger partial charge in [-0.1, -0.05) is 15.9 Å². The summed E-state index contributed by atoms with van der Waals surface area (Å²) in [6.07, 6.45) is 0. The smallest absolute Gasteiger partial charge is 0.341 e. The highest BCUT2D eigenvalue weighted by Crippen LogP contribution is 2.33. The third-order valence-corrected chi connectivity index (χ3v) is 2.77. The number of hydrogen-bond acceptors (Lipinski definition) is 7. The van der Waals surface area contributed by atoms with Crippen molar-refractivity contribution in [3.63, 3.8) is 0 Å². The fraction of sp³-hybridized carbons (Fsp3) is 0.167. The van der Waals surface area contributed by atoms with Crippen LogP contribution < -0.4 is 15.9 Å². The molecule has 8 nitrogen and oxygen atoms in total. The molecule has 0 amide bonds. The molecule has 0 aromatic heterocycles.